The summed E-state index contributed by atoms with van der Waals surface area (Å²) in [5.41, 5.74) is 7.22. The van der Waals surface area contributed by atoms with Crippen LogP contribution in [0.2, 0.25) is 0 Å². The summed E-state index contributed by atoms with van der Waals surface area (Å²) in [6, 6.07) is 9.94. The van der Waals surface area contributed by atoms with E-state index in [4.69, 9.17) is 10.5 Å². The third-order valence-electron chi connectivity index (χ3n) is 3.54. The van der Waals surface area contributed by atoms with Crippen LogP contribution in [-0.2, 0) is 16.0 Å². The van der Waals surface area contributed by atoms with Crippen LogP contribution < -0.4 is 5.73 Å². The summed E-state index contributed by atoms with van der Waals surface area (Å²) in [7, 11) is 0. The van der Waals surface area contributed by atoms with Gasteiger partial charge in [0.2, 0.25) is 0 Å². The van der Waals surface area contributed by atoms with E-state index < -0.39 is 5.54 Å². The van der Waals surface area contributed by atoms with Crippen molar-refractivity contribution >= 4 is 17.1 Å². The number of thiazole rings is 1. The third kappa shape index (κ3) is 2.65. The summed E-state index contributed by atoms with van der Waals surface area (Å²) in [6.45, 7) is 0.887. The highest BCUT2D eigenvalue weighted by atomic mass is 32.1. The van der Waals surface area contributed by atoms with E-state index in [1.165, 1.54) is 11.3 Å². The summed E-state index contributed by atoms with van der Waals surface area (Å²) in [6.07, 6.45) is 0.889. The molecule has 20 heavy (non-hydrogen) atoms. The lowest BCUT2D eigenvalue weighted by Gasteiger charge is -2.18. The van der Waals surface area contributed by atoms with Gasteiger partial charge in [-0.2, -0.15) is 0 Å². The molecule has 1 fully saturated rings. The third-order valence-corrected chi connectivity index (χ3v) is 4.39. The van der Waals surface area contributed by atoms with Crippen LogP contribution in [0.4, 0.5) is 0 Å². The van der Waals surface area contributed by atoms with E-state index in [0.717, 1.165) is 16.3 Å². The monoisotopic (exact) mass is 288 g/mol. The van der Waals surface area contributed by atoms with Gasteiger partial charge in [0.15, 0.2) is 5.78 Å². The number of rotatable bonds is 4. The number of Topliss-reactive ketones (excluding diaryl/α,β-unsaturated/α-hetero) is 1. The van der Waals surface area contributed by atoms with Crippen molar-refractivity contribution < 1.29 is 9.53 Å². The molecule has 4 nitrogen and oxygen atoms in total. The Balaban J connectivity index is 1.73. The molecule has 2 aromatic rings. The zero-order valence-corrected chi connectivity index (χ0v) is 11.9. The van der Waals surface area contributed by atoms with Gasteiger partial charge in [-0.3, -0.25) is 4.79 Å². The number of carbonyl (C=O) groups is 1. The number of hydrogen-bond acceptors (Lipinski definition) is 5. The normalized spacial score (nSPS) is 22.1. The molecule has 2 heterocycles. The maximum atomic E-state index is 12.2. The van der Waals surface area contributed by atoms with Gasteiger partial charge < -0.3 is 10.5 Å². The van der Waals surface area contributed by atoms with Crippen molar-refractivity contribution in [2.24, 2.45) is 5.73 Å². The standard InChI is InChI=1S/C15H16N2O2S/c16-15(6-7-19-10-15)13(18)8-14-17-12(9-20-14)11-4-2-1-3-5-11/h1-5,9H,6-8,10,16H2. The number of ether oxygens (including phenoxy) is 1. The van der Waals surface area contributed by atoms with E-state index in [1.807, 2.05) is 35.7 Å². The first kappa shape index (κ1) is 13.4. The van der Waals surface area contributed by atoms with E-state index in [1.54, 1.807) is 0 Å². The van der Waals surface area contributed by atoms with Crippen molar-refractivity contribution in [3.8, 4) is 11.3 Å². The second-order valence-electron chi connectivity index (χ2n) is 5.05. The Morgan fingerprint density at radius 3 is 2.90 bits per heavy atom. The predicted octanol–water partition coefficient (Wildman–Crippen LogP) is 2.04. The van der Waals surface area contributed by atoms with Gasteiger partial charge >= 0.3 is 0 Å². The molecule has 104 valence electrons. The number of nitrogens with two attached hydrogens (primary N) is 1. The van der Waals surface area contributed by atoms with Crippen LogP contribution in [0.1, 0.15) is 11.4 Å². The van der Waals surface area contributed by atoms with Gasteiger partial charge in [0, 0.05) is 17.6 Å². The lowest BCUT2D eigenvalue weighted by Crippen LogP contribution is -2.49. The molecule has 1 aromatic heterocycles. The van der Waals surface area contributed by atoms with E-state index in [9.17, 15) is 4.79 Å². The molecule has 1 aliphatic heterocycles. The predicted molar refractivity (Wildman–Crippen MR) is 78.6 cm³/mol. The van der Waals surface area contributed by atoms with Crippen molar-refractivity contribution in [2.45, 2.75) is 18.4 Å². The quantitative estimate of drug-likeness (QED) is 0.935. The summed E-state index contributed by atoms with van der Waals surface area (Å²) in [5.74, 6) is 0.0176. The van der Waals surface area contributed by atoms with Crippen LogP contribution in [0.15, 0.2) is 35.7 Å². The molecule has 0 spiro atoms. The molecule has 5 heteroatoms. The van der Waals surface area contributed by atoms with Crippen LogP contribution in [0.5, 0.6) is 0 Å². The molecule has 1 aromatic carbocycles. The van der Waals surface area contributed by atoms with Gasteiger partial charge in [-0.1, -0.05) is 30.3 Å². The number of hydrogen-bond donors (Lipinski definition) is 1. The van der Waals surface area contributed by atoms with E-state index in [2.05, 4.69) is 4.98 Å². The first-order valence-corrected chi connectivity index (χ1v) is 7.45. The maximum Gasteiger partial charge on any atom is 0.161 e. The Kier molecular flexibility index (Phi) is 3.65. The minimum atomic E-state index is -0.821. The summed E-state index contributed by atoms with van der Waals surface area (Å²) in [5, 5.41) is 2.79. The molecule has 3 rings (SSSR count). The molecule has 0 amide bonds. The maximum absolute atomic E-state index is 12.2. The molecule has 0 bridgehead atoms. The fourth-order valence-corrected chi connectivity index (χ4v) is 3.05. The fraction of sp³-hybridized carbons (Fsp3) is 0.333. The van der Waals surface area contributed by atoms with Crippen molar-refractivity contribution in [1.29, 1.82) is 0 Å². The van der Waals surface area contributed by atoms with Crippen LogP contribution in [0.3, 0.4) is 0 Å². The highest BCUT2D eigenvalue weighted by molar-refractivity contribution is 7.10. The second-order valence-corrected chi connectivity index (χ2v) is 5.99. The Bertz CT molecular complexity index is 603. The average Bonchev–Trinajstić information content (AvgIpc) is 3.10. The zero-order chi connectivity index (χ0) is 14.0. The number of ketones is 1. The summed E-state index contributed by atoms with van der Waals surface area (Å²) < 4.78 is 5.23. The number of aromatic nitrogens is 1. The summed E-state index contributed by atoms with van der Waals surface area (Å²) >= 11 is 1.50. The molecule has 1 saturated heterocycles. The minimum Gasteiger partial charge on any atom is -0.379 e. The Morgan fingerprint density at radius 2 is 2.20 bits per heavy atom. The van der Waals surface area contributed by atoms with Crippen LogP contribution >= 0.6 is 11.3 Å². The Labute approximate surface area is 121 Å². The lowest BCUT2D eigenvalue weighted by molar-refractivity contribution is -0.123. The minimum absolute atomic E-state index is 0.0176. The molecule has 0 radical (unpaired) electrons. The zero-order valence-electron chi connectivity index (χ0n) is 11.0. The van der Waals surface area contributed by atoms with Gasteiger partial charge in [0.05, 0.1) is 18.7 Å². The van der Waals surface area contributed by atoms with Crippen LogP contribution in [-0.4, -0.2) is 29.5 Å². The second kappa shape index (κ2) is 5.44. The molecule has 1 atom stereocenters. The van der Waals surface area contributed by atoms with Gasteiger partial charge in [0.1, 0.15) is 10.5 Å². The smallest absolute Gasteiger partial charge is 0.161 e. The van der Waals surface area contributed by atoms with Gasteiger partial charge in [-0.25, -0.2) is 4.98 Å². The molecular formula is C15H16N2O2S. The fourth-order valence-electron chi connectivity index (χ4n) is 2.25. The number of carbonyl (C=O) groups excluding carboxylic acids is 1. The first-order chi connectivity index (χ1) is 9.67. The first-order valence-electron chi connectivity index (χ1n) is 6.57. The highest BCUT2D eigenvalue weighted by Gasteiger charge is 2.38. The average molecular weight is 288 g/mol. The molecule has 0 aliphatic carbocycles. The Hall–Kier alpha value is -1.56. The van der Waals surface area contributed by atoms with Crippen molar-refractivity contribution in [3.05, 3.63) is 40.7 Å². The lowest BCUT2D eigenvalue weighted by atomic mass is 9.92. The molecule has 2 N–H and O–H groups in total. The SMILES string of the molecule is NC1(C(=O)Cc2nc(-c3ccccc3)cs2)CCOC1. The summed E-state index contributed by atoms with van der Waals surface area (Å²) in [4.78, 5) is 16.8. The number of benzene rings is 1. The largest absolute Gasteiger partial charge is 0.379 e. The van der Waals surface area contributed by atoms with Gasteiger partial charge in [-0.15, -0.1) is 11.3 Å². The van der Waals surface area contributed by atoms with Crippen molar-refractivity contribution in [2.75, 3.05) is 13.2 Å². The molecule has 0 saturated carbocycles. The van der Waals surface area contributed by atoms with E-state index in [0.29, 0.717) is 19.6 Å². The topological polar surface area (TPSA) is 65.2 Å². The molecule has 1 unspecified atom stereocenters. The van der Waals surface area contributed by atoms with Gasteiger partial charge in [0.25, 0.3) is 0 Å². The van der Waals surface area contributed by atoms with E-state index >= 15 is 0 Å². The Morgan fingerprint density at radius 1 is 1.40 bits per heavy atom. The van der Waals surface area contributed by atoms with Crippen molar-refractivity contribution in [3.63, 3.8) is 0 Å². The van der Waals surface area contributed by atoms with Crippen LogP contribution in [0.25, 0.3) is 11.3 Å². The van der Waals surface area contributed by atoms with Gasteiger partial charge in [-0.05, 0) is 6.42 Å². The van der Waals surface area contributed by atoms with Crippen LogP contribution in [0, 0.1) is 0 Å². The number of nitrogens with zero attached hydrogens (tertiary/aromatic N) is 1. The molecule has 1 aliphatic rings. The highest BCUT2D eigenvalue weighted by Crippen LogP contribution is 2.24. The molecular weight excluding hydrogens is 272 g/mol. The van der Waals surface area contributed by atoms with Crippen molar-refractivity contribution in [1.82, 2.24) is 4.98 Å². The van der Waals surface area contributed by atoms with E-state index in [-0.39, 0.29) is 12.2 Å².